The normalized spacial score (nSPS) is 9.93. The summed E-state index contributed by atoms with van der Waals surface area (Å²) in [6.07, 6.45) is 0.570. The van der Waals surface area contributed by atoms with Gasteiger partial charge in [0, 0.05) is 0 Å². The van der Waals surface area contributed by atoms with Crippen LogP contribution >= 0.6 is 0 Å². The van der Waals surface area contributed by atoms with Gasteiger partial charge in [0.2, 0.25) is 0 Å². The molecule has 2 nitrogen and oxygen atoms in total. The first-order valence-corrected chi connectivity index (χ1v) is 7.52. The molecule has 0 aliphatic heterocycles. The zero-order valence-corrected chi connectivity index (χ0v) is 10.7. The molecule has 0 unspecified atom stereocenters. The average Bonchev–Trinajstić information content (AvgIpc) is 2.26. The van der Waals surface area contributed by atoms with Gasteiger partial charge in [-0.25, -0.2) is 0 Å². The van der Waals surface area contributed by atoms with E-state index in [-0.39, 0.29) is 5.97 Å². The first-order valence-electron chi connectivity index (χ1n) is 5.10. The molecule has 0 amide bonds. The molecule has 0 atom stereocenters. The van der Waals surface area contributed by atoms with Gasteiger partial charge in [-0.2, -0.15) is 0 Å². The minimum absolute atomic E-state index is 0.0626. The molecular weight excluding hydrogens is 255 g/mol. The summed E-state index contributed by atoms with van der Waals surface area (Å²) in [6.45, 7) is 2.33. The molecule has 0 spiro atoms. The van der Waals surface area contributed by atoms with Crippen LogP contribution in [0.1, 0.15) is 18.9 Å². The third kappa shape index (κ3) is 5.60. The molecule has 82 valence electrons. The van der Waals surface area contributed by atoms with Crippen molar-refractivity contribution in [2.24, 2.45) is 0 Å². The number of carbonyl (C=O) groups is 1. The SMILES string of the molecule is CCOC(=O)CC[Se]Cc1ccccc1. The fourth-order valence-electron chi connectivity index (χ4n) is 1.15. The Morgan fingerprint density at radius 3 is 2.73 bits per heavy atom. The van der Waals surface area contributed by atoms with Crippen LogP contribution in [0.2, 0.25) is 5.32 Å². The second kappa shape index (κ2) is 7.49. The first kappa shape index (κ1) is 12.3. The predicted molar refractivity (Wildman–Crippen MR) is 62.0 cm³/mol. The quantitative estimate of drug-likeness (QED) is 0.450. The zero-order valence-electron chi connectivity index (χ0n) is 8.94. The van der Waals surface area contributed by atoms with Crippen molar-refractivity contribution in [1.29, 1.82) is 0 Å². The van der Waals surface area contributed by atoms with Crippen molar-refractivity contribution in [1.82, 2.24) is 0 Å². The standard InChI is InChI=1S/C12H16O2Se/c1-2-14-12(13)8-9-15-10-11-6-4-3-5-7-11/h3-7H,2,8-10H2,1H3. The van der Waals surface area contributed by atoms with E-state index >= 15 is 0 Å². The third-order valence-corrected chi connectivity index (χ3v) is 4.03. The van der Waals surface area contributed by atoms with E-state index in [0.29, 0.717) is 28.0 Å². The maximum atomic E-state index is 11.0. The van der Waals surface area contributed by atoms with Crippen LogP contribution in [0.15, 0.2) is 30.3 Å². The van der Waals surface area contributed by atoms with E-state index in [4.69, 9.17) is 4.74 Å². The molecule has 0 saturated carbocycles. The topological polar surface area (TPSA) is 26.3 Å². The van der Waals surface area contributed by atoms with E-state index in [1.165, 1.54) is 5.56 Å². The van der Waals surface area contributed by atoms with Crippen molar-refractivity contribution in [3.63, 3.8) is 0 Å². The number of ether oxygens (including phenoxy) is 1. The Morgan fingerprint density at radius 2 is 2.07 bits per heavy atom. The number of esters is 1. The number of rotatable bonds is 6. The Hall–Kier alpha value is -0.791. The zero-order chi connectivity index (χ0) is 10.9. The van der Waals surface area contributed by atoms with Crippen LogP contribution in [-0.2, 0) is 14.9 Å². The molecule has 0 aromatic heterocycles. The Kier molecular flexibility index (Phi) is 6.14. The second-order valence-corrected chi connectivity index (χ2v) is 5.41. The van der Waals surface area contributed by atoms with Crippen molar-refractivity contribution < 1.29 is 9.53 Å². The second-order valence-electron chi connectivity index (χ2n) is 3.09. The van der Waals surface area contributed by atoms with Crippen LogP contribution in [0, 0.1) is 0 Å². The number of hydrogen-bond donors (Lipinski definition) is 0. The summed E-state index contributed by atoms with van der Waals surface area (Å²) in [4.78, 5) is 11.0. The summed E-state index contributed by atoms with van der Waals surface area (Å²) in [5, 5.41) is 2.08. The monoisotopic (exact) mass is 272 g/mol. The van der Waals surface area contributed by atoms with Crippen LogP contribution in [-0.4, -0.2) is 27.5 Å². The van der Waals surface area contributed by atoms with E-state index in [1.54, 1.807) is 0 Å². The van der Waals surface area contributed by atoms with Gasteiger partial charge in [-0.15, -0.1) is 0 Å². The van der Waals surface area contributed by atoms with Gasteiger partial charge in [-0.1, -0.05) is 0 Å². The van der Waals surface area contributed by atoms with E-state index in [1.807, 2.05) is 13.0 Å². The molecule has 0 radical (unpaired) electrons. The van der Waals surface area contributed by atoms with E-state index < -0.39 is 0 Å². The molecule has 0 heterocycles. The molecule has 3 heteroatoms. The molecule has 0 saturated heterocycles. The summed E-state index contributed by atoms with van der Waals surface area (Å²) in [6, 6.07) is 10.4. The van der Waals surface area contributed by atoms with Crippen LogP contribution in [0.25, 0.3) is 0 Å². The van der Waals surface area contributed by atoms with Crippen molar-refractivity contribution >= 4 is 20.9 Å². The minimum atomic E-state index is -0.0626. The molecule has 0 bridgehead atoms. The van der Waals surface area contributed by atoms with E-state index in [9.17, 15) is 4.79 Å². The van der Waals surface area contributed by atoms with Crippen molar-refractivity contribution in [2.75, 3.05) is 6.61 Å². The average molecular weight is 271 g/mol. The summed E-state index contributed by atoms with van der Waals surface area (Å²) in [5.41, 5.74) is 1.36. The van der Waals surface area contributed by atoms with Crippen LogP contribution in [0.5, 0.6) is 0 Å². The molecule has 0 fully saturated rings. The van der Waals surface area contributed by atoms with Crippen molar-refractivity contribution in [2.45, 2.75) is 24.0 Å². The van der Waals surface area contributed by atoms with Crippen LogP contribution in [0.3, 0.4) is 0 Å². The summed E-state index contributed by atoms with van der Waals surface area (Å²) < 4.78 is 4.87. The third-order valence-electron chi connectivity index (χ3n) is 1.87. The number of benzene rings is 1. The summed E-state index contributed by atoms with van der Waals surface area (Å²) >= 11 is 0.508. The van der Waals surface area contributed by atoms with Gasteiger partial charge in [0.05, 0.1) is 0 Å². The Labute approximate surface area is 97.2 Å². The summed E-state index contributed by atoms with van der Waals surface area (Å²) in [5.74, 6) is -0.0626. The fraction of sp³-hybridized carbons (Fsp3) is 0.417. The molecule has 15 heavy (non-hydrogen) atoms. The number of carbonyl (C=O) groups excluding carboxylic acids is 1. The molecule has 1 aromatic rings. The van der Waals surface area contributed by atoms with Crippen LogP contribution in [0.4, 0.5) is 0 Å². The van der Waals surface area contributed by atoms with E-state index in [2.05, 4.69) is 24.3 Å². The van der Waals surface area contributed by atoms with Crippen molar-refractivity contribution in [3.8, 4) is 0 Å². The fourth-order valence-corrected chi connectivity index (χ4v) is 3.01. The Morgan fingerprint density at radius 1 is 1.33 bits per heavy atom. The first-order chi connectivity index (χ1) is 7.33. The van der Waals surface area contributed by atoms with Gasteiger partial charge in [0.1, 0.15) is 0 Å². The van der Waals surface area contributed by atoms with Crippen LogP contribution < -0.4 is 0 Å². The summed E-state index contributed by atoms with van der Waals surface area (Å²) in [7, 11) is 0. The van der Waals surface area contributed by atoms with Gasteiger partial charge < -0.3 is 0 Å². The Balaban J connectivity index is 2.10. The molecular formula is C12H16O2Se. The molecule has 1 rings (SSSR count). The van der Waals surface area contributed by atoms with Gasteiger partial charge in [-0.05, 0) is 0 Å². The van der Waals surface area contributed by atoms with Gasteiger partial charge in [-0.3, -0.25) is 0 Å². The molecule has 1 aromatic carbocycles. The molecule has 0 aliphatic carbocycles. The number of hydrogen-bond acceptors (Lipinski definition) is 2. The van der Waals surface area contributed by atoms with Gasteiger partial charge in [0.25, 0.3) is 0 Å². The van der Waals surface area contributed by atoms with Gasteiger partial charge >= 0.3 is 96.9 Å². The molecule has 0 N–H and O–H groups in total. The maximum absolute atomic E-state index is 11.0. The molecule has 0 aliphatic rings. The van der Waals surface area contributed by atoms with Gasteiger partial charge in [0.15, 0.2) is 0 Å². The Bertz CT molecular complexity index is 285. The van der Waals surface area contributed by atoms with Crippen molar-refractivity contribution in [3.05, 3.63) is 35.9 Å². The predicted octanol–water partition coefficient (Wildman–Crippen LogP) is 2.26. The van der Waals surface area contributed by atoms with E-state index in [0.717, 1.165) is 10.6 Å².